The number of benzene rings is 1. The number of aryl methyl sites for hydroxylation is 1. The van der Waals surface area contributed by atoms with E-state index >= 15 is 0 Å². The fourth-order valence-corrected chi connectivity index (χ4v) is 1.86. The molecular weight excluding hydrogens is 236 g/mol. The van der Waals surface area contributed by atoms with Crippen LogP contribution in [-0.4, -0.2) is 21.4 Å². The van der Waals surface area contributed by atoms with Crippen LogP contribution in [0.4, 0.5) is 0 Å². The second-order valence-corrected chi connectivity index (χ2v) is 3.83. The number of aromatic carboxylic acids is 1. The zero-order valence-corrected chi connectivity index (χ0v) is 9.38. The Bertz CT molecular complexity index is 741. The van der Waals surface area contributed by atoms with Gasteiger partial charge in [-0.3, -0.25) is 0 Å². The van der Waals surface area contributed by atoms with Gasteiger partial charge in [0, 0.05) is 11.6 Å². The minimum Gasteiger partial charge on any atom is -0.475 e. The number of carbonyl (C=O) groups is 1. The largest absolute Gasteiger partial charge is 0.475 e. The van der Waals surface area contributed by atoms with Crippen LogP contribution < -0.4 is 0 Å². The molecule has 1 N–H and O–H groups in total. The van der Waals surface area contributed by atoms with Gasteiger partial charge in [0.15, 0.2) is 5.58 Å². The van der Waals surface area contributed by atoms with Crippen LogP contribution >= 0.6 is 0 Å². The van der Waals surface area contributed by atoms with E-state index in [1.54, 1.807) is 12.1 Å². The summed E-state index contributed by atoms with van der Waals surface area (Å²) in [5.41, 5.74) is 2.54. The highest BCUT2D eigenvalue weighted by Gasteiger charge is 2.16. The number of aromatic nitrogens is 2. The van der Waals surface area contributed by atoms with Crippen molar-refractivity contribution < 1.29 is 18.9 Å². The molecule has 1 aromatic carbocycles. The lowest BCUT2D eigenvalue weighted by Gasteiger charge is -1.96. The summed E-state index contributed by atoms with van der Waals surface area (Å²) in [7, 11) is 0. The van der Waals surface area contributed by atoms with Crippen LogP contribution in [0.25, 0.3) is 22.2 Å². The fraction of sp³-hybridized carbons (Fsp3) is 0.0833. The number of fused-ring (bicyclic) bond motifs is 1. The summed E-state index contributed by atoms with van der Waals surface area (Å²) in [6.45, 7) is 1.81. The average molecular weight is 244 g/mol. The molecule has 2 heterocycles. The maximum absolute atomic E-state index is 10.8. The van der Waals surface area contributed by atoms with Gasteiger partial charge in [-0.1, -0.05) is 22.4 Å². The molecule has 0 spiro atoms. The maximum atomic E-state index is 10.8. The molecule has 90 valence electrons. The van der Waals surface area contributed by atoms with Gasteiger partial charge in [-0.2, -0.15) is 0 Å². The molecule has 0 aliphatic heterocycles. The summed E-state index contributed by atoms with van der Waals surface area (Å²) in [5, 5.41) is 17.2. The lowest BCUT2D eigenvalue weighted by atomic mass is 10.1. The molecular formula is C12H8N2O4. The topological polar surface area (TPSA) is 89.4 Å². The molecule has 2 aromatic heterocycles. The van der Waals surface area contributed by atoms with Crippen molar-refractivity contribution in [3.8, 4) is 11.3 Å². The Balaban J connectivity index is 2.24. The van der Waals surface area contributed by atoms with Crippen LogP contribution in [0.2, 0.25) is 0 Å². The summed E-state index contributed by atoms with van der Waals surface area (Å²) < 4.78 is 9.89. The highest BCUT2D eigenvalue weighted by atomic mass is 16.5. The van der Waals surface area contributed by atoms with Gasteiger partial charge >= 0.3 is 5.97 Å². The molecule has 3 rings (SSSR count). The monoisotopic (exact) mass is 244 g/mol. The first-order chi connectivity index (χ1) is 8.66. The SMILES string of the molecule is Cc1noc2cccc(-c3cc(C(=O)O)on3)c12. The predicted octanol–water partition coefficient (Wildman–Crippen LogP) is 2.49. The standard InChI is InChI=1S/C12H8N2O4/c1-6-11-7(3-2-4-9(11)17-13-6)8-5-10(12(15)16)18-14-8/h2-5H,1H3,(H,15,16). The van der Waals surface area contributed by atoms with E-state index in [4.69, 9.17) is 14.2 Å². The first kappa shape index (κ1) is 10.5. The third-order valence-electron chi connectivity index (χ3n) is 2.67. The number of carboxylic acid groups (broad SMARTS) is 1. The Morgan fingerprint density at radius 3 is 2.83 bits per heavy atom. The summed E-state index contributed by atoms with van der Waals surface area (Å²) in [4.78, 5) is 10.8. The predicted molar refractivity (Wildman–Crippen MR) is 61.2 cm³/mol. The van der Waals surface area contributed by atoms with Gasteiger partial charge in [-0.15, -0.1) is 0 Å². The van der Waals surface area contributed by atoms with E-state index in [1.807, 2.05) is 13.0 Å². The van der Waals surface area contributed by atoms with E-state index in [0.717, 1.165) is 16.6 Å². The first-order valence-corrected chi connectivity index (χ1v) is 5.22. The zero-order valence-electron chi connectivity index (χ0n) is 9.38. The normalized spacial score (nSPS) is 10.9. The average Bonchev–Trinajstić information content (AvgIpc) is 2.96. The van der Waals surface area contributed by atoms with Gasteiger partial charge in [0.1, 0.15) is 5.69 Å². The molecule has 0 amide bonds. The van der Waals surface area contributed by atoms with Gasteiger partial charge < -0.3 is 14.2 Å². The molecule has 0 radical (unpaired) electrons. The lowest BCUT2D eigenvalue weighted by Crippen LogP contribution is -1.91. The second-order valence-electron chi connectivity index (χ2n) is 3.83. The molecule has 0 atom stereocenters. The van der Waals surface area contributed by atoms with Crippen molar-refractivity contribution in [2.24, 2.45) is 0 Å². The number of rotatable bonds is 2. The van der Waals surface area contributed by atoms with Crippen LogP contribution in [0.15, 0.2) is 33.3 Å². The van der Waals surface area contributed by atoms with Gasteiger partial charge in [0.25, 0.3) is 0 Å². The third-order valence-corrected chi connectivity index (χ3v) is 2.67. The Morgan fingerprint density at radius 2 is 2.11 bits per heavy atom. The Labute approximate surface area is 101 Å². The zero-order chi connectivity index (χ0) is 12.7. The molecule has 0 fully saturated rings. The quantitative estimate of drug-likeness (QED) is 0.744. The van der Waals surface area contributed by atoms with Crippen LogP contribution in [0, 0.1) is 6.92 Å². The maximum Gasteiger partial charge on any atom is 0.374 e. The van der Waals surface area contributed by atoms with Crippen LogP contribution in [0.5, 0.6) is 0 Å². The van der Waals surface area contributed by atoms with Crippen molar-refractivity contribution >= 4 is 16.9 Å². The van der Waals surface area contributed by atoms with Crippen molar-refractivity contribution in [3.63, 3.8) is 0 Å². The van der Waals surface area contributed by atoms with Crippen molar-refractivity contribution in [2.75, 3.05) is 0 Å². The molecule has 0 saturated carbocycles. The van der Waals surface area contributed by atoms with Crippen molar-refractivity contribution in [3.05, 3.63) is 35.7 Å². The molecule has 0 saturated heterocycles. The van der Waals surface area contributed by atoms with Crippen LogP contribution in [-0.2, 0) is 0 Å². The lowest BCUT2D eigenvalue weighted by molar-refractivity contribution is 0.0652. The van der Waals surface area contributed by atoms with E-state index in [2.05, 4.69) is 10.3 Å². The molecule has 0 aliphatic rings. The minimum atomic E-state index is -1.15. The Kier molecular flexibility index (Phi) is 2.16. The van der Waals surface area contributed by atoms with E-state index in [1.165, 1.54) is 6.07 Å². The minimum absolute atomic E-state index is 0.198. The molecule has 18 heavy (non-hydrogen) atoms. The highest BCUT2D eigenvalue weighted by Crippen LogP contribution is 2.30. The second kappa shape index (κ2) is 3.69. The summed E-state index contributed by atoms with van der Waals surface area (Å²) in [5.74, 6) is -1.35. The summed E-state index contributed by atoms with van der Waals surface area (Å²) in [6.07, 6.45) is 0. The smallest absolute Gasteiger partial charge is 0.374 e. The summed E-state index contributed by atoms with van der Waals surface area (Å²) in [6, 6.07) is 6.77. The molecule has 6 nitrogen and oxygen atoms in total. The van der Waals surface area contributed by atoms with Crippen LogP contribution in [0.1, 0.15) is 16.2 Å². The van der Waals surface area contributed by atoms with E-state index in [9.17, 15) is 4.79 Å². The summed E-state index contributed by atoms with van der Waals surface area (Å²) >= 11 is 0. The Morgan fingerprint density at radius 1 is 1.28 bits per heavy atom. The van der Waals surface area contributed by atoms with E-state index in [0.29, 0.717) is 11.3 Å². The first-order valence-electron chi connectivity index (χ1n) is 5.22. The van der Waals surface area contributed by atoms with Crippen LogP contribution in [0.3, 0.4) is 0 Å². The van der Waals surface area contributed by atoms with E-state index in [-0.39, 0.29) is 5.76 Å². The molecule has 0 unspecified atom stereocenters. The van der Waals surface area contributed by atoms with Crippen molar-refractivity contribution in [1.29, 1.82) is 0 Å². The molecule has 6 heteroatoms. The van der Waals surface area contributed by atoms with Gasteiger partial charge in [-0.25, -0.2) is 4.79 Å². The third kappa shape index (κ3) is 1.46. The number of hydrogen-bond donors (Lipinski definition) is 1. The Hall–Kier alpha value is -2.63. The molecule has 0 aliphatic carbocycles. The van der Waals surface area contributed by atoms with Gasteiger partial charge in [0.05, 0.1) is 11.1 Å². The molecule has 0 bridgehead atoms. The number of carboxylic acids is 1. The van der Waals surface area contributed by atoms with Crippen molar-refractivity contribution in [1.82, 2.24) is 10.3 Å². The molecule has 3 aromatic rings. The van der Waals surface area contributed by atoms with E-state index < -0.39 is 5.97 Å². The number of nitrogens with zero attached hydrogens (tertiary/aromatic N) is 2. The van der Waals surface area contributed by atoms with Gasteiger partial charge in [0.2, 0.25) is 5.76 Å². The number of hydrogen-bond acceptors (Lipinski definition) is 5. The van der Waals surface area contributed by atoms with Gasteiger partial charge in [-0.05, 0) is 13.0 Å². The fourth-order valence-electron chi connectivity index (χ4n) is 1.86. The highest BCUT2D eigenvalue weighted by molar-refractivity contribution is 5.95. The van der Waals surface area contributed by atoms with Crippen molar-refractivity contribution in [2.45, 2.75) is 6.92 Å².